The fraction of sp³-hybridized carbons (Fsp3) is 0.333. The van der Waals surface area contributed by atoms with Gasteiger partial charge in [0.1, 0.15) is 0 Å². The quantitative estimate of drug-likeness (QED) is 0.826. The number of aryl methyl sites for hydroxylation is 1. The molecule has 0 saturated carbocycles. The highest BCUT2D eigenvalue weighted by Gasteiger charge is 2.20. The second-order valence-corrected chi connectivity index (χ2v) is 5.62. The fourth-order valence-corrected chi connectivity index (χ4v) is 2.83. The zero-order valence-electron chi connectivity index (χ0n) is 11.7. The third-order valence-corrected chi connectivity index (χ3v) is 3.94. The number of benzene rings is 1. The Balaban J connectivity index is 1.85. The molecule has 1 heterocycles. The van der Waals surface area contributed by atoms with E-state index in [4.69, 9.17) is 23.2 Å². The molecule has 2 aromatic rings. The van der Waals surface area contributed by atoms with Crippen LogP contribution >= 0.6 is 23.2 Å². The lowest BCUT2D eigenvalue weighted by Gasteiger charge is -2.15. The highest BCUT2D eigenvalue weighted by Crippen LogP contribution is 2.31. The smallest absolute Gasteiger partial charge is 0.227 e. The first-order valence-corrected chi connectivity index (χ1v) is 7.52. The van der Waals surface area contributed by atoms with Crippen molar-refractivity contribution >= 4 is 29.1 Å². The van der Waals surface area contributed by atoms with E-state index in [0.717, 1.165) is 13.0 Å². The van der Waals surface area contributed by atoms with E-state index >= 15 is 0 Å². The number of hydrogen-bond acceptors (Lipinski definition) is 2. The largest absolute Gasteiger partial charge is 0.356 e. The van der Waals surface area contributed by atoms with Crippen molar-refractivity contribution in [2.24, 2.45) is 0 Å². The SMILES string of the molecule is C[C@@H](C(=O)NCCCn1ccnc1)c1c(Cl)cccc1Cl. The first-order valence-electron chi connectivity index (χ1n) is 6.77. The lowest BCUT2D eigenvalue weighted by Crippen LogP contribution is -2.29. The summed E-state index contributed by atoms with van der Waals surface area (Å²) in [5.41, 5.74) is 0.674. The van der Waals surface area contributed by atoms with Crippen LogP contribution in [0.15, 0.2) is 36.9 Å². The van der Waals surface area contributed by atoms with E-state index in [-0.39, 0.29) is 11.8 Å². The normalized spacial score (nSPS) is 12.1. The molecule has 0 spiro atoms. The molecule has 1 aromatic heterocycles. The molecule has 2 rings (SSSR count). The molecule has 1 atom stereocenters. The predicted octanol–water partition coefficient (Wildman–Crippen LogP) is 3.50. The van der Waals surface area contributed by atoms with Gasteiger partial charge in [-0.25, -0.2) is 4.98 Å². The number of carbonyl (C=O) groups excluding carboxylic acids is 1. The van der Waals surface area contributed by atoms with Crippen molar-refractivity contribution in [3.8, 4) is 0 Å². The molecule has 0 bridgehead atoms. The predicted molar refractivity (Wildman–Crippen MR) is 84.7 cm³/mol. The molecule has 0 aliphatic heterocycles. The second-order valence-electron chi connectivity index (χ2n) is 4.80. The third-order valence-electron chi connectivity index (χ3n) is 3.28. The number of aromatic nitrogens is 2. The van der Waals surface area contributed by atoms with E-state index in [0.29, 0.717) is 22.2 Å². The number of hydrogen-bond donors (Lipinski definition) is 1. The molecule has 4 nitrogen and oxygen atoms in total. The molecular formula is C15H17Cl2N3O. The summed E-state index contributed by atoms with van der Waals surface area (Å²) in [6.07, 6.45) is 6.23. The maximum atomic E-state index is 12.2. The van der Waals surface area contributed by atoms with Gasteiger partial charge in [0.2, 0.25) is 5.91 Å². The monoisotopic (exact) mass is 325 g/mol. The Morgan fingerprint density at radius 1 is 1.38 bits per heavy atom. The van der Waals surface area contributed by atoms with Crippen LogP contribution in [0.2, 0.25) is 10.0 Å². The summed E-state index contributed by atoms with van der Waals surface area (Å²) in [7, 11) is 0. The molecule has 1 N–H and O–H groups in total. The van der Waals surface area contributed by atoms with Gasteiger partial charge in [-0.15, -0.1) is 0 Å². The lowest BCUT2D eigenvalue weighted by atomic mass is 10.00. The number of halogens is 2. The van der Waals surface area contributed by atoms with E-state index in [1.165, 1.54) is 0 Å². The lowest BCUT2D eigenvalue weighted by molar-refractivity contribution is -0.122. The summed E-state index contributed by atoms with van der Waals surface area (Å²) in [6.45, 7) is 3.23. The number of carbonyl (C=O) groups is 1. The van der Waals surface area contributed by atoms with Crippen LogP contribution in [0, 0.1) is 0 Å². The number of nitrogens with one attached hydrogen (secondary N) is 1. The molecule has 0 fully saturated rings. The number of nitrogens with zero attached hydrogens (tertiary/aromatic N) is 2. The molecule has 0 aliphatic rings. The summed E-state index contributed by atoms with van der Waals surface area (Å²) < 4.78 is 1.97. The second kappa shape index (κ2) is 7.48. The van der Waals surface area contributed by atoms with Gasteiger partial charge in [-0.1, -0.05) is 29.3 Å². The Bertz CT molecular complexity index is 579. The highest BCUT2D eigenvalue weighted by atomic mass is 35.5. The summed E-state index contributed by atoms with van der Waals surface area (Å²) in [6, 6.07) is 5.25. The van der Waals surface area contributed by atoms with Crippen LogP contribution in [0.25, 0.3) is 0 Å². The maximum Gasteiger partial charge on any atom is 0.227 e. The topological polar surface area (TPSA) is 46.9 Å². The van der Waals surface area contributed by atoms with Crippen molar-refractivity contribution in [2.75, 3.05) is 6.54 Å². The Morgan fingerprint density at radius 2 is 2.10 bits per heavy atom. The first kappa shape index (κ1) is 15.9. The molecular weight excluding hydrogens is 309 g/mol. The first-order chi connectivity index (χ1) is 10.1. The van der Waals surface area contributed by atoms with Gasteiger partial charge in [-0.2, -0.15) is 0 Å². The van der Waals surface area contributed by atoms with Gasteiger partial charge in [0.05, 0.1) is 12.2 Å². The standard InChI is InChI=1S/C15H17Cl2N3O/c1-11(14-12(16)4-2-5-13(14)17)15(21)19-6-3-8-20-9-7-18-10-20/h2,4-5,7,9-11H,3,6,8H2,1H3,(H,19,21)/t11-/m1/s1. The van der Waals surface area contributed by atoms with Gasteiger partial charge in [0.15, 0.2) is 0 Å². The van der Waals surface area contributed by atoms with Gasteiger partial charge in [-0.3, -0.25) is 4.79 Å². The Morgan fingerprint density at radius 3 is 2.71 bits per heavy atom. The van der Waals surface area contributed by atoms with Crippen molar-refractivity contribution in [2.45, 2.75) is 25.8 Å². The van der Waals surface area contributed by atoms with Crippen LogP contribution in [-0.2, 0) is 11.3 Å². The zero-order valence-corrected chi connectivity index (χ0v) is 13.2. The highest BCUT2D eigenvalue weighted by molar-refractivity contribution is 6.36. The van der Waals surface area contributed by atoms with Crippen molar-refractivity contribution in [1.82, 2.24) is 14.9 Å². The van der Waals surface area contributed by atoms with E-state index in [1.807, 2.05) is 10.8 Å². The van der Waals surface area contributed by atoms with Gasteiger partial charge >= 0.3 is 0 Å². The summed E-state index contributed by atoms with van der Waals surface area (Å²) in [4.78, 5) is 16.1. The Labute approximate surface area is 134 Å². The van der Waals surface area contributed by atoms with E-state index < -0.39 is 0 Å². The van der Waals surface area contributed by atoms with Crippen LogP contribution in [0.3, 0.4) is 0 Å². The molecule has 0 radical (unpaired) electrons. The van der Waals surface area contributed by atoms with Crippen molar-refractivity contribution < 1.29 is 4.79 Å². The number of imidazole rings is 1. The van der Waals surface area contributed by atoms with Gasteiger partial charge in [-0.05, 0) is 25.5 Å². The van der Waals surface area contributed by atoms with Crippen LogP contribution in [0.4, 0.5) is 0 Å². The van der Waals surface area contributed by atoms with E-state index in [9.17, 15) is 4.79 Å². The minimum Gasteiger partial charge on any atom is -0.356 e. The van der Waals surface area contributed by atoms with Gasteiger partial charge in [0.25, 0.3) is 0 Å². The van der Waals surface area contributed by atoms with Gasteiger partial charge < -0.3 is 9.88 Å². The third kappa shape index (κ3) is 4.22. The molecule has 1 amide bonds. The van der Waals surface area contributed by atoms with Crippen molar-refractivity contribution in [3.63, 3.8) is 0 Å². The Kier molecular flexibility index (Phi) is 5.65. The van der Waals surface area contributed by atoms with E-state index in [1.54, 1.807) is 37.6 Å². The van der Waals surface area contributed by atoms with Crippen molar-refractivity contribution in [1.29, 1.82) is 0 Å². The average Bonchev–Trinajstić information content (AvgIpc) is 2.96. The molecule has 0 saturated heterocycles. The van der Waals surface area contributed by atoms with Crippen LogP contribution in [0.5, 0.6) is 0 Å². The number of amides is 1. The van der Waals surface area contributed by atoms with Crippen LogP contribution in [-0.4, -0.2) is 22.0 Å². The van der Waals surface area contributed by atoms with E-state index in [2.05, 4.69) is 10.3 Å². The summed E-state index contributed by atoms with van der Waals surface area (Å²) in [5.74, 6) is -0.449. The van der Waals surface area contributed by atoms with Crippen LogP contribution < -0.4 is 5.32 Å². The summed E-state index contributed by atoms with van der Waals surface area (Å²) >= 11 is 12.2. The molecule has 0 unspecified atom stereocenters. The molecule has 112 valence electrons. The maximum absolute atomic E-state index is 12.2. The minimum atomic E-state index is -0.376. The zero-order chi connectivity index (χ0) is 15.2. The molecule has 21 heavy (non-hydrogen) atoms. The fourth-order valence-electron chi connectivity index (χ4n) is 2.10. The molecule has 6 heteroatoms. The van der Waals surface area contributed by atoms with Crippen molar-refractivity contribution in [3.05, 3.63) is 52.5 Å². The van der Waals surface area contributed by atoms with Gasteiger partial charge in [0, 0.05) is 41.1 Å². The number of rotatable bonds is 6. The van der Waals surface area contributed by atoms with Crippen LogP contribution in [0.1, 0.15) is 24.8 Å². The molecule has 1 aromatic carbocycles. The minimum absolute atomic E-state index is 0.0735. The Hall–Kier alpha value is -1.52. The average molecular weight is 326 g/mol. The summed E-state index contributed by atoms with van der Waals surface area (Å²) in [5, 5.41) is 3.94. The molecule has 0 aliphatic carbocycles.